The number of nitrogens with zero attached hydrogens (tertiary/aromatic N) is 3. The standard InChI is InChI=1S/C12H22N4/c1-2-11-5-3-4-6-12(11)14-7-8-16-10-13-9-15-16/h9-12,14H,2-8H2,1H3. The lowest BCUT2D eigenvalue weighted by Crippen LogP contribution is -2.39. The molecule has 2 unspecified atom stereocenters. The Hall–Kier alpha value is -0.900. The Kier molecular flexibility index (Phi) is 4.34. The van der Waals surface area contributed by atoms with Crippen molar-refractivity contribution in [3.05, 3.63) is 12.7 Å². The maximum Gasteiger partial charge on any atom is 0.137 e. The molecular formula is C12H22N4. The Morgan fingerprint density at radius 2 is 2.25 bits per heavy atom. The van der Waals surface area contributed by atoms with Gasteiger partial charge >= 0.3 is 0 Å². The molecule has 4 heteroatoms. The molecule has 0 saturated heterocycles. The predicted molar refractivity (Wildman–Crippen MR) is 64.1 cm³/mol. The van der Waals surface area contributed by atoms with E-state index in [0.717, 1.165) is 25.0 Å². The van der Waals surface area contributed by atoms with Crippen LogP contribution in [0.15, 0.2) is 12.7 Å². The van der Waals surface area contributed by atoms with Crippen molar-refractivity contribution in [1.29, 1.82) is 0 Å². The van der Waals surface area contributed by atoms with Crippen LogP contribution in [0.3, 0.4) is 0 Å². The van der Waals surface area contributed by atoms with Crippen LogP contribution in [-0.2, 0) is 6.54 Å². The zero-order valence-corrected chi connectivity index (χ0v) is 10.1. The molecule has 0 radical (unpaired) electrons. The summed E-state index contributed by atoms with van der Waals surface area (Å²) in [4.78, 5) is 3.94. The van der Waals surface area contributed by atoms with Crippen molar-refractivity contribution < 1.29 is 0 Å². The Balaban J connectivity index is 1.71. The number of hydrogen-bond donors (Lipinski definition) is 1. The predicted octanol–water partition coefficient (Wildman–Crippen LogP) is 1.84. The van der Waals surface area contributed by atoms with Gasteiger partial charge in [0.05, 0.1) is 6.54 Å². The van der Waals surface area contributed by atoms with Gasteiger partial charge in [-0.15, -0.1) is 0 Å². The van der Waals surface area contributed by atoms with Crippen molar-refractivity contribution in [2.24, 2.45) is 5.92 Å². The molecule has 2 atom stereocenters. The van der Waals surface area contributed by atoms with Gasteiger partial charge in [-0.25, -0.2) is 4.98 Å². The van der Waals surface area contributed by atoms with Gasteiger partial charge in [0.15, 0.2) is 0 Å². The summed E-state index contributed by atoms with van der Waals surface area (Å²) in [6.07, 6.45) is 10.2. The summed E-state index contributed by atoms with van der Waals surface area (Å²) in [5, 5.41) is 7.78. The number of hydrogen-bond acceptors (Lipinski definition) is 3. The summed E-state index contributed by atoms with van der Waals surface area (Å²) in [7, 11) is 0. The first-order valence-corrected chi connectivity index (χ1v) is 6.46. The Morgan fingerprint density at radius 1 is 1.38 bits per heavy atom. The summed E-state index contributed by atoms with van der Waals surface area (Å²) in [6.45, 7) is 4.24. The van der Waals surface area contributed by atoms with E-state index in [9.17, 15) is 0 Å². The average Bonchev–Trinajstić information content (AvgIpc) is 2.83. The highest BCUT2D eigenvalue weighted by Gasteiger charge is 2.22. The van der Waals surface area contributed by atoms with Gasteiger partial charge in [-0.3, -0.25) is 4.68 Å². The van der Waals surface area contributed by atoms with Gasteiger partial charge in [-0.05, 0) is 18.8 Å². The maximum absolute atomic E-state index is 4.10. The zero-order chi connectivity index (χ0) is 11.2. The van der Waals surface area contributed by atoms with Gasteiger partial charge in [-0.2, -0.15) is 5.10 Å². The highest BCUT2D eigenvalue weighted by molar-refractivity contribution is 4.79. The third kappa shape index (κ3) is 3.04. The van der Waals surface area contributed by atoms with Crippen LogP contribution < -0.4 is 5.32 Å². The van der Waals surface area contributed by atoms with Crippen molar-refractivity contribution in [3.63, 3.8) is 0 Å². The molecular weight excluding hydrogens is 200 g/mol. The first-order chi connectivity index (χ1) is 7.90. The fraction of sp³-hybridized carbons (Fsp3) is 0.833. The first-order valence-electron chi connectivity index (χ1n) is 6.46. The van der Waals surface area contributed by atoms with E-state index in [4.69, 9.17) is 0 Å². The summed E-state index contributed by atoms with van der Waals surface area (Å²) in [6, 6.07) is 0.724. The van der Waals surface area contributed by atoms with Crippen LogP contribution in [-0.4, -0.2) is 27.4 Å². The molecule has 2 rings (SSSR count). The topological polar surface area (TPSA) is 42.7 Å². The molecule has 1 heterocycles. The molecule has 0 amide bonds. The lowest BCUT2D eigenvalue weighted by atomic mass is 9.83. The van der Waals surface area contributed by atoms with Crippen molar-refractivity contribution in [3.8, 4) is 0 Å². The fourth-order valence-electron chi connectivity index (χ4n) is 2.68. The van der Waals surface area contributed by atoms with Crippen LogP contribution in [0.4, 0.5) is 0 Å². The van der Waals surface area contributed by atoms with Crippen LogP contribution in [0, 0.1) is 5.92 Å². The van der Waals surface area contributed by atoms with E-state index in [1.807, 2.05) is 4.68 Å². The lowest BCUT2D eigenvalue weighted by Gasteiger charge is -2.31. The average molecular weight is 222 g/mol. The van der Waals surface area contributed by atoms with Gasteiger partial charge < -0.3 is 5.32 Å². The van der Waals surface area contributed by atoms with Crippen molar-refractivity contribution >= 4 is 0 Å². The van der Waals surface area contributed by atoms with Crippen LogP contribution in [0.1, 0.15) is 39.0 Å². The van der Waals surface area contributed by atoms with Crippen molar-refractivity contribution in [2.75, 3.05) is 6.54 Å². The quantitative estimate of drug-likeness (QED) is 0.826. The van der Waals surface area contributed by atoms with E-state index in [0.29, 0.717) is 0 Å². The minimum Gasteiger partial charge on any atom is -0.312 e. The Bertz CT molecular complexity index is 283. The second kappa shape index (κ2) is 5.99. The fourth-order valence-corrected chi connectivity index (χ4v) is 2.68. The second-order valence-corrected chi connectivity index (χ2v) is 4.67. The van der Waals surface area contributed by atoms with E-state index in [1.54, 1.807) is 12.7 Å². The SMILES string of the molecule is CCC1CCCCC1NCCn1cncn1. The van der Waals surface area contributed by atoms with E-state index >= 15 is 0 Å². The second-order valence-electron chi connectivity index (χ2n) is 4.67. The largest absolute Gasteiger partial charge is 0.312 e. The molecule has 0 aliphatic heterocycles. The lowest BCUT2D eigenvalue weighted by molar-refractivity contribution is 0.253. The highest BCUT2D eigenvalue weighted by Crippen LogP contribution is 2.26. The summed E-state index contributed by atoms with van der Waals surface area (Å²) in [5.74, 6) is 0.879. The molecule has 1 aliphatic rings. The molecule has 1 N–H and O–H groups in total. The Labute approximate surface area is 97.5 Å². The van der Waals surface area contributed by atoms with Crippen molar-refractivity contribution in [2.45, 2.75) is 51.6 Å². The van der Waals surface area contributed by atoms with Gasteiger partial charge in [0.25, 0.3) is 0 Å². The zero-order valence-electron chi connectivity index (χ0n) is 10.1. The molecule has 1 aromatic heterocycles. The van der Waals surface area contributed by atoms with Gasteiger partial charge in [0.1, 0.15) is 12.7 Å². The van der Waals surface area contributed by atoms with Crippen LogP contribution in [0.2, 0.25) is 0 Å². The van der Waals surface area contributed by atoms with Crippen LogP contribution >= 0.6 is 0 Å². The van der Waals surface area contributed by atoms with Gasteiger partial charge in [0.2, 0.25) is 0 Å². The third-order valence-electron chi connectivity index (χ3n) is 3.65. The molecule has 1 saturated carbocycles. The highest BCUT2D eigenvalue weighted by atomic mass is 15.3. The smallest absolute Gasteiger partial charge is 0.137 e. The number of aromatic nitrogens is 3. The third-order valence-corrected chi connectivity index (χ3v) is 3.65. The van der Waals surface area contributed by atoms with Gasteiger partial charge in [0, 0.05) is 12.6 Å². The first kappa shape index (κ1) is 11.6. The summed E-state index contributed by atoms with van der Waals surface area (Å²) in [5.41, 5.74) is 0. The molecule has 1 aliphatic carbocycles. The minimum absolute atomic E-state index is 0.724. The monoisotopic (exact) mass is 222 g/mol. The van der Waals surface area contributed by atoms with Crippen molar-refractivity contribution in [1.82, 2.24) is 20.1 Å². The van der Waals surface area contributed by atoms with E-state index in [1.165, 1.54) is 32.1 Å². The minimum atomic E-state index is 0.724. The molecule has 4 nitrogen and oxygen atoms in total. The molecule has 16 heavy (non-hydrogen) atoms. The number of rotatable bonds is 5. The van der Waals surface area contributed by atoms with Crippen LogP contribution in [0.25, 0.3) is 0 Å². The van der Waals surface area contributed by atoms with E-state index in [2.05, 4.69) is 22.3 Å². The van der Waals surface area contributed by atoms with E-state index < -0.39 is 0 Å². The number of nitrogens with one attached hydrogen (secondary N) is 1. The summed E-state index contributed by atoms with van der Waals surface area (Å²) >= 11 is 0. The molecule has 0 bridgehead atoms. The molecule has 90 valence electrons. The van der Waals surface area contributed by atoms with Crippen LogP contribution in [0.5, 0.6) is 0 Å². The summed E-state index contributed by atoms with van der Waals surface area (Å²) < 4.78 is 1.89. The van der Waals surface area contributed by atoms with Gasteiger partial charge in [-0.1, -0.05) is 26.2 Å². The Morgan fingerprint density at radius 3 is 3.00 bits per heavy atom. The normalized spacial score (nSPS) is 25.8. The molecule has 1 aromatic rings. The molecule has 0 spiro atoms. The maximum atomic E-state index is 4.10. The molecule has 1 fully saturated rings. The van der Waals surface area contributed by atoms with E-state index in [-0.39, 0.29) is 0 Å². The molecule has 0 aromatic carbocycles.